The molecular formula is C15H24FNO2. The first-order valence-electron chi connectivity index (χ1n) is 6.50. The van der Waals surface area contributed by atoms with Crippen molar-refractivity contribution in [3.05, 3.63) is 23.3 Å². The summed E-state index contributed by atoms with van der Waals surface area (Å²) in [4.78, 5) is 0. The molecule has 0 aliphatic carbocycles. The predicted octanol–water partition coefficient (Wildman–Crippen LogP) is 3.36. The summed E-state index contributed by atoms with van der Waals surface area (Å²) in [5.41, 5.74) is 5.64. The highest BCUT2D eigenvalue weighted by Gasteiger charge is 2.26. The van der Waals surface area contributed by atoms with Gasteiger partial charge in [-0.05, 0) is 44.4 Å². The number of rotatable bonds is 6. The third-order valence-corrected chi connectivity index (χ3v) is 3.32. The third kappa shape index (κ3) is 3.60. The first-order chi connectivity index (χ1) is 8.85. The molecule has 0 saturated carbocycles. The summed E-state index contributed by atoms with van der Waals surface area (Å²) in [7, 11) is 3.14. The van der Waals surface area contributed by atoms with Crippen molar-refractivity contribution in [3.8, 4) is 11.5 Å². The van der Waals surface area contributed by atoms with E-state index in [2.05, 4.69) is 6.92 Å². The van der Waals surface area contributed by atoms with Crippen LogP contribution >= 0.6 is 0 Å². The molecule has 19 heavy (non-hydrogen) atoms. The van der Waals surface area contributed by atoms with Crippen molar-refractivity contribution >= 4 is 0 Å². The number of hydrogen-bond donors (Lipinski definition) is 1. The maximum Gasteiger partial charge on any atom is 0.134 e. The van der Waals surface area contributed by atoms with Gasteiger partial charge in [-0.15, -0.1) is 0 Å². The van der Waals surface area contributed by atoms with Gasteiger partial charge in [-0.25, -0.2) is 4.39 Å². The highest BCUT2D eigenvalue weighted by atomic mass is 19.1. The van der Waals surface area contributed by atoms with Crippen molar-refractivity contribution in [1.82, 2.24) is 0 Å². The standard InChI is InChI=1S/C15H24FNO2/c1-10(6-7-17)11-8-12(15(2,3)16)14(19-5)9-13(11)18-4/h8-10H,6-7,17H2,1-5H3. The number of benzene rings is 1. The highest BCUT2D eigenvalue weighted by Crippen LogP contribution is 2.40. The van der Waals surface area contributed by atoms with Crippen LogP contribution in [0.4, 0.5) is 4.39 Å². The zero-order valence-corrected chi connectivity index (χ0v) is 12.4. The molecule has 0 aliphatic rings. The minimum Gasteiger partial charge on any atom is -0.496 e. The van der Waals surface area contributed by atoms with Crippen LogP contribution in [0.1, 0.15) is 44.2 Å². The van der Waals surface area contributed by atoms with Crippen LogP contribution in [0, 0.1) is 0 Å². The molecule has 0 heterocycles. The van der Waals surface area contributed by atoms with Crippen molar-refractivity contribution in [2.24, 2.45) is 5.73 Å². The zero-order chi connectivity index (χ0) is 14.6. The van der Waals surface area contributed by atoms with E-state index in [0.29, 0.717) is 23.6 Å². The Balaban J connectivity index is 3.37. The Kier molecular flexibility index (Phi) is 5.18. The van der Waals surface area contributed by atoms with E-state index < -0.39 is 5.67 Å². The van der Waals surface area contributed by atoms with Crippen LogP contribution in [0.3, 0.4) is 0 Å². The minimum absolute atomic E-state index is 0.215. The van der Waals surface area contributed by atoms with Gasteiger partial charge in [-0.2, -0.15) is 0 Å². The molecule has 1 aromatic carbocycles. The lowest BCUT2D eigenvalue weighted by molar-refractivity contribution is 0.213. The molecule has 4 heteroatoms. The Morgan fingerprint density at radius 3 is 2.21 bits per heavy atom. The van der Waals surface area contributed by atoms with E-state index in [-0.39, 0.29) is 5.92 Å². The van der Waals surface area contributed by atoms with E-state index >= 15 is 0 Å². The molecule has 1 unspecified atom stereocenters. The zero-order valence-electron chi connectivity index (χ0n) is 12.4. The van der Waals surface area contributed by atoms with Gasteiger partial charge < -0.3 is 15.2 Å². The maximum atomic E-state index is 14.3. The van der Waals surface area contributed by atoms with E-state index in [1.165, 1.54) is 21.0 Å². The molecule has 0 amide bonds. The van der Waals surface area contributed by atoms with Gasteiger partial charge in [0.05, 0.1) is 14.2 Å². The number of alkyl halides is 1. The fourth-order valence-electron chi connectivity index (χ4n) is 2.18. The van der Waals surface area contributed by atoms with Gasteiger partial charge in [-0.1, -0.05) is 6.92 Å². The Hall–Kier alpha value is -1.29. The number of halogens is 1. The third-order valence-electron chi connectivity index (χ3n) is 3.32. The molecule has 0 saturated heterocycles. The second-order valence-electron chi connectivity index (χ2n) is 5.25. The summed E-state index contributed by atoms with van der Waals surface area (Å²) in [6.07, 6.45) is 0.828. The molecule has 2 N–H and O–H groups in total. The molecule has 1 atom stereocenters. The average molecular weight is 269 g/mol. The number of ether oxygens (including phenoxy) is 2. The molecule has 1 rings (SSSR count). The number of nitrogens with two attached hydrogens (primary N) is 1. The van der Waals surface area contributed by atoms with E-state index in [4.69, 9.17) is 15.2 Å². The van der Waals surface area contributed by atoms with Crippen LogP contribution in [0.2, 0.25) is 0 Å². The maximum absolute atomic E-state index is 14.3. The lowest BCUT2D eigenvalue weighted by Crippen LogP contribution is -2.13. The van der Waals surface area contributed by atoms with Gasteiger partial charge in [0.15, 0.2) is 0 Å². The van der Waals surface area contributed by atoms with E-state index in [1.807, 2.05) is 6.07 Å². The van der Waals surface area contributed by atoms with Crippen molar-refractivity contribution in [2.75, 3.05) is 20.8 Å². The summed E-state index contributed by atoms with van der Waals surface area (Å²) in [5, 5.41) is 0. The van der Waals surface area contributed by atoms with E-state index in [1.54, 1.807) is 13.2 Å². The van der Waals surface area contributed by atoms with Crippen LogP contribution < -0.4 is 15.2 Å². The second kappa shape index (κ2) is 6.24. The number of methoxy groups -OCH3 is 2. The van der Waals surface area contributed by atoms with Crippen LogP contribution in [0.5, 0.6) is 11.5 Å². The summed E-state index contributed by atoms with van der Waals surface area (Å²) in [5.74, 6) is 1.44. The first-order valence-corrected chi connectivity index (χ1v) is 6.50. The van der Waals surface area contributed by atoms with Gasteiger partial charge in [-0.3, -0.25) is 0 Å². The topological polar surface area (TPSA) is 44.5 Å². The molecular weight excluding hydrogens is 245 g/mol. The molecule has 0 bridgehead atoms. The molecule has 0 radical (unpaired) electrons. The Labute approximate surface area is 114 Å². The minimum atomic E-state index is -1.46. The quantitative estimate of drug-likeness (QED) is 0.861. The fraction of sp³-hybridized carbons (Fsp3) is 0.600. The van der Waals surface area contributed by atoms with Crippen molar-refractivity contribution in [1.29, 1.82) is 0 Å². The normalized spacial score (nSPS) is 13.2. The predicted molar refractivity (Wildman–Crippen MR) is 75.8 cm³/mol. The lowest BCUT2D eigenvalue weighted by atomic mass is 9.90. The fourth-order valence-corrected chi connectivity index (χ4v) is 2.18. The van der Waals surface area contributed by atoms with Crippen LogP contribution in [-0.2, 0) is 5.67 Å². The van der Waals surface area contributed by atoms with Gasteiger partial charge >= 0.3 is 0 Å². The van der Waals surface area contributed by atoms with Gasteiger partial charge in [0.1, 0.15) is 17.2 Å². The Morgan fingerprint density at radius 1 is 1.21 bits per heavy atom. The van der Waals surface area contributed by atoms with Crippen LogP contribution in [0.25, 0.3) is 0 Å². The van der Waals surface area contributed by atoms with Gasteiger partial charge in [0.2, 0.25) is 0 Å². The monoisotopic (exact) mass is 269 g/mol. The molecule has 0 fully saturated rings. The summed E-state index contributed by atoms with van der Waals surface area (Å²) in [6.45, 7) is 5.69. The van der Waals surface area contributed by atoms with Crippen molar-refractivity contribution in [2.45, 2.75) is 38.8 Å². The number of hydrogen-bond acceptors (Lipinski definition) is 3. The summed E-state index contributed by atoms with van der Waals surface area (Å²) in [6, 6.07) is 3.58. The summed E-state index contributed by atoms with van der Waals surface area (Å²) < 4.78 is 24.9. The molecule has 0 aliphatic heterocycles. The van der Waals surface area contributed by atoms with Crippen LogP contribution in [0.15, 0.2) is 12.1 Å². The molecule has 0 aromatic heterocycles. The lowest BCUT2D eigenvalue weighted by Gasteiger charge is -2.23. The average Bonchev–Trinajstić information content (AvgIpc) is 2.36. The summed E-state index contributed by atoms with van der Waals surface area (Å²) >= 11 is 0. The second-order valence-corrected chi connectivity index (χ2v) is 5.25. The smallest absolute Gasteiger partial charge is 0.134 e. The Bertz CT molecular complexity index is 427. The molecule has 3 nitrogen and oxygen atoms in total. The highest BCUT2D eigenvalue weighted by molar-refractivity contribution is 5.50. The van der Waals surface area contributed by atoms with Crippen LogP contribution in [-0.4, -0.2) is 20.8 Å². The molecule has 1 aromatic rings. The van der Waals surface area contributed by atoms with Crippen molar-refractivity contribution < 1.29 is 13.9 Å². The van der Waals surface area contributed by atoms with E-state index in [9.17, 15) is 4.39 Å². The first kappa shape index (κ1) is 15.8. The SMILES string of the molecule is COc1cc(OC)c(C(C)(C)F)cc1C(C)CCN. The van der Waals surface area contributed by atoms with E-state index in [0.717, 1.165) is 12.0 Å². The largest absolute Gasteiger partial charge is 0.496 e. The van der Waals surface area contributed by atoms with Gasteiger partial charge in [0.25, 0.3) is 0 Å². The molecule has 108 valence electrons. The van der Waals surface area contributed by atoms with Gasteiger partial charge in [0, 0.05) is 11.6 Å². The van der Waals surface area contributed by atoms with Crippen molar-refractivity contribution in [3.63, 3.8) is 0 Å². The Morgan fingerprint density at radius 2 is 1.79 bits per heavy atom. The molecule has 0 spiro atoms.